The molecule has 1 fully saturated rings. The highest BCUT2D eigenvalue weighted by atomic mass is 16.2. The fraction of sp³-hybridized carbons (Fsp3) is 0.304. The summed E-state index contributed by atoms with van der Waals surface area (Å²) in [4.78, 5) is 14.9. The minimum Gasteiger partial charge on any atom is -0.330 e. The standard InChI is InChI=1S/C23H24N4O/c1-26-22(16-6-3-2-4-7-16)13-21(25-26)17-9-10-20-18(12-17)15-27(23(20)28)19-8-5-11-24-14-19/h2-4,6-7,9-10,12-13,19,24H,5,8,11,14-15H2,1H3. The van der Waals surface area contributed by atoms with Crippen molar-refractivity contribution in [1.82, 2.24) is 20.0 Å². The van der Waals surface area contributed by atoms with Crippen molar-refractivity contribution in [3.05, 3.63) is 65.7 Å². The van der Waals surface area contributed by atoms with E-state index in [0.717, 1.165) is 59.6 Å². The molecule has 1 aromatic heterocycles. The molecule has 3 aromatic rings. The molecule has 142 valence electrons. The first-order valence-electron chi connectivity index (χ1n) is 9.95. The van der Waals surface area contributed by atoms with Gasteiger partial charge in [-0.15, -0.1) is 0 Å². The molecule has 0 saturated carbocycles. The maximum atomic E-state index is 12.9. The Hall–Kier alpha value is -2.92. The quantitative estimate of drug-likeness (QED) is 0.766. The van der Waals surface area contributed by atoms with Crippen molar-refractivity contribution in [3.63, 3.8) is 0 Å². The summed E-state index contributed by atoms with van der Waals surface area (Å²) in [5.41, 5.74) is 6.19. The lowest BCUT2D eigenvalue weighted by atomic mass is 10.0. The van der Waals surface area contributed by atoms with Crippen molar-refractivity contribution < 1.29 is 4.79 Å². The summed E-state index contributed by atoms with van der Waals surface area (Å²) >= 11 is 0. The molecule has 0 aliphatic carbocycles. The fourth-order valence-corrected chi connectivity index (χ4v) is 4.38. The average Bonchev–Trinajstić information content (AvgIpc) is 3.29. The molecule has 3 heterocycles. The monoisotopic (exact) mass is 372 g/mol. The van der Waals surface area contributed by atoms with Gasteiger partial charge in [0, 0.05) is 37.3 Å². The van der Waals surface area contributed by atoms with Crippen molar-refractivity contribution in [1.29, 1.82) is 0 Å². The minimum absolute atomic E-state index is 0.168. The van der Waals surface area contributed by atoms with Crippen LogP contribution in [0.3, 0.4) is 0 Å². The molecule has 2 aromatic carbocycles. The van der Waals surface area contributed by atoms with Gasteiger partial charge >= 0.3 is 0 Å². The van der Waals surface area contributed by atoms with Gasteiger partial charge in [0.15, 0.2) is 0 Å². The summed E-state index contributed by atoms with van der Waals surface area (Å²) < 4.78 is 1.92. The number of hydrogen-bond donors (Lipinski definition) is 1. The van der Waals surface area contributed by atoms with E-state index in [4.69, 9.17) is 5.10 Å². The number of carbonyl (C=O) groups is 1. The number of fused-ring (bicyclic) bond motifs is 1. The highest BCUT2D eigenvalue weighted by molar-refractivity contribution is 5.99. The van der Waals surface area contributed by atoms with Crippen LogP contribution in [0, 0.1) is 0 Å². The van der Waals surface area contributed by atoms with Crippen molar-refractivity contribution >= 4 is 5.91 Å². The third-order valence-corrected chi connectivity index (χ3v) is 5.89. The lowest BCUT2D eigenvalue weighted by molar-refractivity contribution is 0.0674. The molecule has 2 aliphatic rings. The third kappa shape index (κ3) is 2.92. The van der Waals surface area contributed by atoms with Crippen molar-refractivity contribution in [2.45, 2.75) is 25.4 Å². The maximum absolute atomic E-state index is 12.9. The number of hydrogen-bond acceptors (Lipinski definition) is 3. The number of nitrogens with zero attached hydrogens (tertiary/aromatic N) is 3. The van der Waals surface area contributed by atoms with Crippen molar-refractivity contribution in [2.75, 3.05) is 13.1 Å². The van der Waals surface area contributed by atoms with E-state index in [1.807, 2.05) is 47.0 Å². The number of piperidine rings is 1. The van der Waals surface area contributed by atoms with E-state index in [2.05, 4.69) is 29.6 Å². The van der Waals surface area contributed by atoms with Gasteiger partial charge < -0.3 is 10.2 Å². The molecule has 28 heavy (non-hydrogen) atoms. The van der Waals surface area contributed by atoms with Crippen LogP contribution in [-0.4, -0.2) is 39.7 Å². The summed E-state index contributed by atoms with van der Waals surface area (Å²) in [6.45, 7) is 2.65. The Labute approximate surface area is 165 Å². The van der Waals surface area contributed by atoms with E-state index in [9.17, 15) is 4.79 Å². The Morgan fingerprint density at radius 3 is 2.71 bits per heavy atom. The Balaban J connectivity index is 1.45. The SMILES string of the molecule is Cn1nc(-c2ccc3c(c2)CN(C2CCCNC2)C3=O)cc1-c1ccccc1. The molecular weight excluding hydrogens is 348 g/mol. The van der Waals surface area contributed by atoms with Crippen LogP contribution in [0.1, 0.15) is 28.8 Å². The van der Waals surface area contributed by atoms with Gasteiger partial charge in [-0.2, -0.15) is 5.10 Å². The van der Waals surface area contributed by atoms with Crippen LogP contribution in [0.2, 0.25) is 0 Å². The second-order valence-corrected chi connectivity index (χ2v) is 7.71. The minimum atomic E-state index is 0.168. The van der Waals surface area contributed by atoms with Crippen LogP contribution >= 0.6 is 0 Å². The Morgan fingerprint density at radius 1 is 1.07 bits per heavy atom. The highest BCUT2D eigenvalue weighted by Gasteiger charge is 2.33. The Bertz CT molecular complexity index is 1020. The molecule has 1 amide bonds. The molecule has 2 aliphatic heterocycles. The first-order valence-corrected chi connectivity index (χ1v) is 9.95. The van der Waals surface area contributed by atoms with E-state index >= 15 is 0 Å². The first-order chi connectivity index (χ1) is 13.7. The lowest BCUT2D eigenvalue weighted by Gasteiger charge is -2.31. The van der Waals surface area contributed by atoms with Gasteiger partial charge in [0.2, 0.25) is 0 Å². The predicted molar refractivity (Wildman–Crippen MR) is 110 cm³/mol. The molecular formula is C23H24N4O. The molecule has 0 radical (unpaired) electrons. The van der Waals surface area contributed by atoms with Gasteiger partial charge in [-0.3, -0.25) is 9.48 Å². The second kappa shape index (κ2) is 6.91. The lowest BCUT2D eigenvalue weighted by Crippen LogP contribution is -2.46. The summed E-state index contributed by atoms with van der Waals surface area (Å²) in [5.74, 6) is 0.168. The van der Waals surface area contributed by atoms with Crippen LogP contribution in [-0.2, 0) is 13.6 Å². The number of benzene rings is 2. The van der Waals surface area contributed by atoms with E-state index in [0.29, 0.717) is 12.6 Å². The largest absolute Gasteiger partial charge is 0.330 e. The number of carbonyl (C=O) groups excluding carboxylic acids is 1. The maximum Gasteiger partial charge on any atom is 0.254 e. The number of rotatable bonds is 3. The van der Waals surface area contributed by atoms with Crippen LogP contribution in [0.4, 0.5) is 0 Å². The zero-order chi connectivity index (χ0) is 19.1. The van der Waals surface area contributed by atoms with Gasteiger partial charge in [0.05, 0.1) is 11.4 Å². The molecule has 1 saturated heterocycles. The second-order valence-electron chi connectivity index (χ2n) is 7.71. The van der Waals surface area contributed by atoms with E-state index in [1.54, 1.807) is 0 Å². The number of aromatic nitrogens is 2. The smallest absolute Gasteiger partial charge is 0.254 e. The molecule has 5 heteroatoms. The molecule has 1 N–H and O–H groups in total. The van der Waals surface area contributed by atoms with Crippen LogP contribution in [0.5, 0.6) is 0 Å². The van der Waals surface area contributed by atoms with Gasteiger partial charge in [0.1, 0.15) is 0 Å². The molecule has 5 nitrogen and oxygen atoms in total. The van der Waals surface area contributed by atoms with E-state index < -0.39 is 0 Å². The summed E-state index contributed by atoms with van der Waals surface area (Å²) in [6, 6.07) is 18.8. The summed E-state index contributed by atoms with van der Waals surface area (Å²) in [5, 5.41) is 8.13. The summed E-state index contributed by atoms with van der Waals surface area (Å²) in [6.07, 6.45) is 2.21. The van der Waals surface area contributed by atoms with E-state index in [1.165, 1.54) is 0 Å². The van der Waals surface area contributed by atoms with Crippen LogP contribution in [0.15, 0.2) is 54.6 Å². The molecule has 0 spiro atoms. The molecule has 5 rings (SSSR count). The summed E-state index contributed by atoms with van der Waals surface area (Å²) in [7, 11) is 1.97. The molecule has 0 bridgehead atoms. The molecule has 1 atom stereocenters. The van der Waals surface area contributed by atoms with Crippen LogP contribution in [0.25, 0.3) is 22.5 Å². The molecule has 1 unspecified atom stereocenters. The zero-order valence-corrected chi connectivity index (χ0v) is 16.1. The van der Waals surface area contributed by atoms with Crippen molar-refractivity contribution in [2.24, 2.45) is 7.05 Å². The Kier molecular flexibility index (Phi) is 4.24. The van der Waals surface area contributed by atoms with Gasteiger partial charge in [-0.05, 0) is 48.7 Å². The topological polar surface area (TPSA) is 50.2 Å². The number of amides is 1. The predicted octanol–water partition coefficient (Wildman–Crippen LogP) is 3.46. The van der Waals surface area contributed by atoms with Gasteiger partial charge in [0.25, 0.3) is 5.91 Å². The van der Waals surface area contributed by atoms with Gasteiger partial charge in [-0.1, -0.05) is 36.4 Å². The first kappa shape index (κ1) is 17.2. The number of aryl methyl sites for hydroxylation is 1. The van der Waals surface area contributed by atoms with Crippen molar-refractivity contribution in [3.8, 4) is 22.5 Å². The van der Waals surface area contributed by atoms with Gasteiger partial charge in [-0.25, -0.2) is 0 Å². The number of nitrogens with one attached hydrogen (secondary N) is 1. The van der Waals surface area contributed by atoms with Crippen LogP contribution < -0.4 is 5.32 Å². The third-order valence-electron chi connectivity index (χ3n) is 5.89. The fourth-order valence-electron chi connectivity index (χ4n) is 4.38. The Morgan fingerprint density at radius 2 is 1.93 bits per heavy atom. The van der Waals surface area contributed by atoms with E-state index in [-0.39, 0.29) is 5.91 Å². The average molecular weight is 372 g/mol. The highest BCUT2D eigenvalue weighted by Crippen LogP contribution is 2.32. The zero-order valence-electron chi connectivity index (χ0n) is 16.1. The normalized spacial score (nSPS) is 19.1.